The van der Waals surface area contributed by atoms with Crippen LogP contribution in [0.2, 0.25) is 0 Å². The highest BCUT2D eigenvalue weighted by Crippen LogP contribution is 2.25. The Bertz CT molecular complexity index is 1720. The molecule has 1 amide bonds. The first-order valence-electron chi connectivity index (χ1n) is 12.3. The zero-order valence-electron chi connectivity index (χ0n) is 22.0. The molecular weight excluding hydrogens is 511 g/mol. The van der Waals surface area contributed by atoms with Gasteiger partial charge in [0, 0.05) is 40.6 Å². The largest absolute Gasteiger partial charge is 0.465 e. The second-order valence-electron chi connectivity index (χ2n) is 9.06. The van der Waals surface area contributed by atoms with Gasteiger partial charge < -0.3 is 19.9 Å². The molecule has 2 N–H and O–H groups in total. The van der Waals surface area contributed by atoms with Gasteiger partial charge in [-0.15, -0.1) is 0 Å². The zero-order valence-corrected chi connectivity index (χ0v) is 22.0. The first-order chi connectivity index (χ1) is 19.3. The van der Waals surface area contributed by atoms with E-state index in [1.54, 1.807) is 65.6 Å². The Hall–Kier alpha value is -5.38. The van der Waals surface area contributed by atoms with E-state index in [0.717, 1.165) is 16.8 Å². The third kappa shape index (κ3) is 5.86. The molecule has 0 radical (unpaired) electrons. The predicted octanol–water partition coefficient (Wildman–Crippen LogP) is 5.87. The van der Waals surface area contributed by atoms with Crippen LogP contribution in [-0.4, -0.2) is 38.5 Å². The van der Waals surface area contributed by atoms with Crippen molar-refractivity contribution in [3.8, 4) is 16.9 Å². The van der Waals surface area contributed by atoms with Crippen molar-refractivity contribution in [2.24, 2.45) is 0 Å². The van der Waals surface area contributed by atoms with E-state index in [4.69, 9.17) is 4.74 Å². The summed E-state index contributed by atoms with van der Waals surface area (Å²) in [5.74, 6) is -0.904. The molecule has 3 aromatic carbocycles. The molecule has 0 aliphatic carbocycles. The molecule has 0 fully saturated rings. The van der Waals surface area contributed by atoms with Crippen molar-refractivity contribution in [1.82, 2.24) is 19.5 Å². The van der Waals surface area contributed by atoms with Gasteiger partial charge in [-0.05, 0) is 80.1 Å². The second-order valence-corrected chi connectivity index (χ2v) is 9.06. The van der Waals surface area contributed by atoms with Crippen LogP contribution in [0.4, 0.5) is 21.7 Å². The van der Waals surface area contributed by atoms with Crippen LogP contribution in [-0.2, 0) is 4.74 Å². The number of esters is 1. The van der Waals surface area contributed by atoms with Crippen molar-refractivity contribution in [3.05, 3.63) is 114 Å². The van der Waals surface area contributed by atoms with E-state index >= 15 is 0 Å². The predicted molar refractivity (Wildman–Crippen MR) is 149 cm³/mol. The molecule has 200 valence electrons. The summed E-state index contributed by atoms with van der Waals surface area (Å²) in [6, 6.07) is 17.9. The highest BCUT2D eigenvalue weighted by atomic mass is 19.1. The maximum Gasteiger partial charge on any atom is 0.337 e. The highest BCUT2D eigenvalue weighted by molar-refractivity contribution is 6.05. The summed E-state index contributed by atoms with van der Waals surface area (Å²) < 4.78 is 20.0. The number of aryl methyl sites for hydroxylation is 2. The number of benzene rings is 3. The van der Waals surface area contributed by atoms with E-state index in [0.29, 0.717) is 34.3 Å². The summed E-state index contributed by atoms with van der Waals surface area (Å²) in [7, 11) is 1.30. The number of nitrogens with zero attached hydrogens (tertiary/aromatic N) is 4. The standard InChI is InChI=1S/C30H25FN6O3/c1-18-4-5-21(14-27(18)36-30-32-11-10-26(35-30)20-6-8-23(31)9-7-20)28(38)34-24-12-22(29(39)40-3)13-25(15-24)37-16-19(2)33-17-37/h4-17H,1-3H3,(H,34,38)(H,32,35,36). The van der Waals surface area contributed by atoms with Crippen LogP contribution in [0.5, 0.6) is 0 Å². The SMILES string of the molecule is COC(=O)c1cc(NC(=O)c2ccc(C)c(Nc3nccc(-c4ccc(F)cc4)n3)c2)cc(-n2cnc(C)c2)c1. The number of anilines is 3. The van der Waals surface area contributed by atoms with Crippen molar-refractivity contribution < 1.29 is 18.7 Å². The lowest BCUT2D eigenvalue weighted by molar-refractivity contribution is 0.0600. The van der Waals surface area contributed by atoms with Crippen LogP contribution in [0.1, 0.15) is 32.0 Å². The first kappa shape index (κ1) is 26.2. The van der Waals surface area contributed by atoms with Crippen molar-refractivity contribution in [2.45, 2.75) is 13.8 Å². The summed E-state index contributed by atoms with van der Waals surface area (Å²) in [5, 5.41) is 6.04. The average molecular weight is 537 g/mol. The van der Waals surface area contributed by atoms with Crippen molar-refractivity contribution in [1.29, 1.82) is 0 Å². The Balaban J connectivity index is 1.39. The van der Waals surface area contributed by atoms with Gasteiger partial charge >= 0.3 is 5.97 Å². The Morgan fingerprint density at radius 1 is 0.925 bits per heavy atom. The lowest BCUT2D eigenvalue weighted by atomic mass is 10.1. The number of halogens is 1. The average Bonchev–Trinajstić information content (AvgIpc) is 3.40. The maximum atomic E-state index is 13.3. The van der Waals surface area contributed by atoms with Crippen LogP contribution in [0.3, 0.4) is 0 Å². The van der Waals surface area contributed by atoms with Gasteiger partial charge in [-0.1, -0.05) is 6.07 Å². The molecule has 40 heavy (non-hydrogen) atoms. The van der Waals surface area contributed by atoms with E-state index in [9.17, 15) is 14.0 Å². The number of methoxy groups -OCH3 is 1. The Morgan fingerprint density at radius 3 is 2.45 bits per heavy atom. The summed E-state index contributed by atoms with van der Waals surface area (Å²) in [6.07, 6.45) is 5.04. The number of carbonyl (C=O) groups is 2. The number of carbonyl (C=O) groups excluding carboxylic acids is 2. The van der Waals surface area contributed by atoms with Gasteiger partial charge in [0.1, 0.15) is 5.82 Å². The number of nitrogens with one attached hydrogen (secondary N) is 2. The molecule has 0 saturated heterocycles. The normalized spacial score (nSPS) is 10.7. The smallest absolute Gasteiger partial charge is 0.337 e. The Kier molecular flexibility index (Phi) is 7.32. The number of hydrogen-bond donors (Lipinski definition) is 2. The number of aromatic nitrogens is 4. The first-order valence-corrected chi connectivity index (χ1v) is 12.3. The number of ether oxygens (including phenoxy) is 1. The van der Waals surface area contributed by atoms with Gasteiger partial charge in [0.25, 0.3) is 5.91 Å². The van der Waals surface area contributed by atoms with E-state index in [1.807, 2.05) is 26.1 Å². The van der Waals surface area contributed by atoms with E-state index in [-0.39, 0.29) is 17.3 Å². The monoisotopic (exact) mass is 536 g/mol. The molecule has 5 rings (SSSR count). The van der Waals surface area contributed by atoms with Crippen molar-refractivity contribution in [2.75, 3.05) is 17.7 Å². The zero-order chi connectivity index (χ0) is 28.2. The topological polar surface area (TPSA) is 111 Å². The molecule has 0 aliphatic heterocycles. The van der Waals surface area contributed by atoms with Gasteiger partial charge in [-0.2, -0.15) is 0 Å². The molecule has 0 spiro atoms. The third-order valence-electron chi connectivity index (χ3n) is 6.15. The quantitative estimate of drug-likeness (QED) is 0.250. The lowest BCUT2D eigenvalue weighted by Crippen LogP contribution is -2.14. The molecule has 0 unspecified atom stereocenters. The number of amides is 1. The van der Waals surface area contributed by atoms with Gasteiger partial charge in [-0.3, -0.25) is 4.79 Å². The van der Waals surface area contributed by atoms with Gasteiger partial charge in [0.05, 0.1) is 30.4 Å². The van der Waals surface area contributed by atoms with E-state index in [1.165, 1.54) is 19.2 Å². The fraction of sp³-hybridized carbons (Fsp3) is 0.100. The van der Waals surface area contributed by atoms with E-state index in [2.05, 4.69) is 25.6 Å². The van der Waals surface area contributed by atoms with Crippen molar-refractivity contribution >= 4 is 29.2 Å². The van der Waals surface area contributed by atoms with Gasteiger partial charge in [-0.25, -0.2) is 24.1 Å². The summed E-state index contributed by atoms with van der Waals surface area (Å²) in [6.45, 7) is 3.75. The summed E-state index contributed by atoms with van der Waals surface area (Å²) >= 11 is 0. The third-order valence-corrected chi connectivity index (χ3v) is 6.15. The van der Waals surface area contributed by atoms with Crippen LogP contribution in [0.25, 0.3) is 16.9 Å². The summed E-state index contributed by atoms with van der Waals surface area (Å²) in [5.41, 5.74) is 5.41. The van der Waals surface area contributed by atoms with Gasteiger partial charge in [0.2, 0.25) is 5.95 Å². The number of imidazole rings is 1. The number of rotatable bonds is 7. The summed E-state index contributed by atoms with van der Waals surface area (Å²) in [4.78, 5) is 38.6. The van der Waals surface area contributed by atoms with Crippen LogP contribution in [0.15, 0.2) is 85.5 Å². The molecule has 9 nitrogen and oxygen atoms in total. The molecule has 0 saturated carbocycles. The highest BCUT2D eigenvalue weighted by Gasteiger charge is 2.15. The fourth-order valence-electron chi connectivity index (χ4n) is 4.05. The molecular formula is C30H25FN6O3. The maximum absolute atomic E-state index is 13.3. The van der Waals surface area contributed by atoms with E-state index < -0.39 is 5.97 Å². The molecule has 0 atom stereocenters. The minimum Gasteiger partial charge on any atom is -0.465 e. The minimum absolute atomic E-state index is 0.283. The van der Waals surface area contributed by atoms with Crippen LogP contribution < -0.4 is 10.6 Å². The molecule has 5 aromatic rings. The van der Waals surface area contributed by atoms with Crippen LogP contribution in [0, 0.1) is 19.7 Å². The van der Waals surface area contributed by atoms with Crippen LogP contribution >= 0.6 is 0 Å². The number of hydrogen-bond acceptors (Lipinski definition) is 7. The second kappa shape index (κ2) is 11.2. The molecule has 2 heterocycles. The molecule has 10 heteroatoms. The lowest BCUT2D eigenvalue weighted by Gasteiger charge is -2.13. The molecule has 0 bridgehead atoms. The fourth-order valence-corrected chi connectivity index (χ4v) is 4.05. The van der Waals surface area contributed by atoms with Gasteiger partial charge in [0.15, 0.2) is 0 Å². The Morgan fingerprint density at radius 2 is 1.73 bits per heavy atom. The molecule has 2 aromatic heterocycles. The Labute approximate surface area is 229 Å². The van der Waals surface area contributed by atoms with Crippen molar-refractivity contribution in [3.63, 3.8) is 0 Å². The minimum atomic E-state index is -0.529. The molecule has 0 aliphatic rings.